The predicted octanol–water partition coefficient (Wildman–Crippen LogP) is 3.25. The molecule has 1 saturated heterocycles. The van der Waals surface area contributed by atoms with Gasteiger partial charge in [-0.05, 0) is 31.4 Å². The van der Waals surface area contributed by atoms with Crippen LogP contribution in [0, 0.1) is 16.7 Å². The van der Waals surface area contributed by atoms with Crippen LogP contribution in [-0.4, -0.2) is 43.4 Å². The minimum Gasteiger partial charge on any atom is -0.369 e. The van der Waals surface area contributed by atoms with Crippen LogP contribution >= 0.6 is 0 Å². The molecule has 1 aliphatic rings. The van der Waals surface area contributed by atoms with Gasteiger partial charge in [0, 0.05) is 56.1 Å². The topological polar surface area (TPSA) is 114 Å². The van der Waals surface area contributed by atoms with Gasteiger partial charge in [0.2, 0.25) is 11.7 Å². The smallest absolute Gasteiger partial charge is 0.303 e. The molecular weight excluding hydrogens is 440 g/mol. The number of likely N-dealkylation sites (tertiary alicyclic amines) is 1. The Bertz CT molecular complexity index is 1290. The molecule has 34 heavy (non-hydrogen) atoms. The van der Waals surface area contributed by atoms with E-state index in [1.54, 1.807) is 22.9 Å². The molecule has 1 atom stereocenters. The third-order valence-electron chi connectivity index (χ3n) is 6.17. The number of fused-ring (bicyclic) bond motifs is 1. The average Bonchev–Trinajstić information content (AvgIpc) is 3.33. The third kappa shape index (κ3) is 4.75. The molecule has 0 aliphatic carbocycles. The highest BCUT2D eigenvalue weighted by molar-refractivity contribution is 5.86. The summed E-state index contributed by atoms with van der Waals surface area (Å²) in [5.74, 6) is -3.93. The Balaban J connectivity index is 1.84. The zero-order valence-corrected chi connectivity index (χ0v) is 19.5. The van der Waals surface area contributed by atoms with Gasteiger partial charge in [0.25, 0.3) is 0 Å². The number of alkyl halides is 2. The summed E-state index contributed by atoms with van der Waals surface area (Å²) in [4.78, 5) is 26.2. The van der Waals surface area contributed by atoms with Crippen molar-refractivity contribution in [3.05, 3.63) is 47.3 Å². The monoisotopic (exact) mass is 467 g/mol. The molecule has 1 unspecified atom stereocenters. The van der Waals surface area contributed by atoms with E-state index in [2.05, 4.69) is 25.9 Å². The van der Waals surface area contributed by atoms with Crippen molar-refractivity contribution in [1.82, 2.24) is 24.4 Å². The summed E-state index contributed by atoms with van der Waals surface area (Å²) in [5.41, 5.74) is 7.56. The highest BCUT2D eigenvalue weighted by Gasteiger charge is 2.34. The molecule has 178 valence electrons. The number of carbonyl (C=O) groups excluding carboxylic acids is 1. The minimum absolute atomic E-state index is 0.0363. The van der Waals surface area contributed by atoms with E-state index >= 15 is 0 Å². The van der Waals surface area contributed by atoms with Crippen LogP contribution in [0.5, 0.6) is 0 Å². The fourth-order valence-corrected chi connectivity index (χ4v) is 4.33. The summed E-state index contributed by atoms with van der Waals surface area (Å²) >= 11 is 0. The van der Waals surface area contributed by atoms with Gasteiger partial charge in [-0.3, -0.25) is 14.7 Å². The highest BCUT2D eigenvalue weighted by atomic mass is 19.3. The number of halogens is 2. The molecule has 1 amide bonds. The lowest BCUT2D eigenvalue weighted by molar-refractivity contribution is -0.117. The van der Waals surface area contributed by atoms with E-state index < -0.39 is 23.1 Å². The van der Waals surface area contributed by atoms with Gasteiger partial charge in [0.15, 0.2) is 0 Å². The van der Waals surface area contributed by atoms with Crippen LogP contribution in [0.15, 0.2) is 24.5 Å². The zero-order chi connectivity index (χ0) is 24.7. The van der Waals surface area contributed by atoms with Crippen molar-refractivity contribution in [2.75, 3.05) is 13.1 Å². The van der Waals surface area contributed by atoms with Crippen molar-refractivity contribution in [2.45, 2.75) is 52.5 Å². The van der Waals surface area contributed by atoms with Crippen LogP contribution in [0.2, 0.25) is 0 Å². The van der Waals surface area contributed by atoms with Gasteiger partial charge in [0.05, 0.1) is 29.1 Å². The normalized spacial score (nSPS) is 18.9. The number of amides is 1. The lowest BCUT2D eigenvalue weighted by Crippen LogP contribution is -2.23. The summed E-state index contributed by atoms with van der Waals surface area (Å²) in [6, 6.07) is 5.82. The standard InChI is InChI=1S/C24H27F2N7O/c1-4-16-9-21(31-22(30-16)24(3,25)26)33-12-15(11-32-6-5-23(2,13-27)14-32)18-10-29-17(7-19(18)33)8-20(28)34/h7,9-10,12H,4-6,8,11,14H2,1-3H3,(H2,28,34). The van der Waals surface area contributed by atoms with Gasteiger partial charge < -0.3 is 10.3 Å². The van der Waals surface area contributed by atoms with Crippen molar-refractivity contribution in [3.8, 4) is 11.9 Å². The second kappa shape index (κ2) is 8.72. The Morgan fingerprint density at radius 2 is 2.09 bits per heavy atom. The minimum atomic E-state index is -3.19. The molecule has 0 radical (unpaired) electrons. The number of nitrogens with zero attached hydrogens (tertiary/aromatic N) is 6. The number of aryl methyl sites for hydroxylation is 1. The third-order valence-corrected chi connectivity index (χ3v) is 6.17. The number of primary amides is 1. The van der Waals surface area contributed by atoms with E-state index in [1.165, 1.54) is 0 Å². The summed E-state index contributed by atoms with van der Waals surface area (Å²) in [6.07, 6.45) is 4.76. The average molecular weight is 468 g/mol. The SMILES string of the molecule is CCc1cc(-n2cc(CN3CCC(C)(C#N)C3)c3cnc(CC(N)=O)cc32)nc(C(C)(F)F)n1. The molecule has 10 heteroatoms. The maximum atomic E-state index is 14.1. The van der Waals surface area contributed by atoms with E-state index in [9.17, 15) is 18.8 Å². The summed E-state index contributed by atoms with van der Waals surface area (Å²) in [7, 11) is 0. The van der Waals surface area contributed by atoms with Gasteiger partial charge in [0.1, 0.15) is 5.82 Å². The molecule has 0 aromatic carbocycles. The molecule has 0 spiro atoms. The fraction of sp³-hybridized carbons (Fsp3) is 0.458. The quantitative estimate of drug-likeness (QED) is 0.571. The van der Waals surface area contributed by atoms with E-state index in [0.717, 1.165) is 30.8 Å². The molecular formula is C24H27F2N7O. The first-order chi connectivity index (χ1) is 16.0. The Kier molecular flexibility index (Phi) is 6.08. The van der Waals surface area contributed by atoms with Crippen LogP contribution in [0.4, 0.5) is 8.78 Å². The van der Waals surface area contributed by atoms with E-state index in [1.807, 2.05) is 20.0 Å². The Morgan fingerprint density at radius 1 is 1.32 bits per heavy atom. The van der Waals surface area contributed by atoms with Crippen molar-refractivity contribution < 1.29 is 13.6 Å². The zero-order valence-electron chi connectivity index (χ0n) is 19.5. The van der Waals surface area contributed by atoms with Crippen LogP contribution < -0.4 is 5.73 Å². The first-order valence-corrected chi connectivity index (χ1v) is 11.2. The Morgan fingerprint density at radius 3 is 2.71 bits per heavy atom. The molecule has 1 fully saturated rings. The van der Waals surface area contributed by atoms with Crippen LogP contribution in [0.1, 0.15) is 50.0 Å². The largest absolute Gasteiger partial charge is 0.369 e. The second-order valence-corrected chi connectivity index (χ2v) is 9.28. The fourth-order valence-electron chi connectivity index (χ4n) is 4.33. The molecule has 3 aromatic rings. The van der Waals surface area contributed by atoms with Crippen molar-refractivity contribution in [3.63, 3.8) is 0 Å². The number of hydrogen-bond donors (Lipinski definition) is 1. The van der Waals surface area contributed by atoms with Crippen molar-refractivity contribution >= 4 is 16.8 Å². The Hall–Kier alpha value is -3.45. The molecule has 4 heterocycles. The summed E-state index contributed by atoms with van der Waals surface area (Å²) in [6.45, 7) is 6.57. The number of rotatable bonds is 7. The highest BCUT2D eigenvalue weighted by Crippen LogP contribution is 2.33. The molecule has 8 nitrogen and oxygen atoms in total. The van der Waals surface area contributed by atoms with Gasteiger partial charge in [-0.2, -0.15) is 14.0 Å². The maximum absolute atomic E-state index is 14.1. The molecule has 4 rings (SSSR count). The van der Waals surface area contributed by atoms with Crippen LogP contribution in [0.25, 0.3) is 16.7 Å². The van der Waals surface area contributed by atoms with E-state index in [0.29, 0.717) is 42.2 Å². The predicted molar refractivity (Wildman–Crippen MR) is 122 cm³/mol. The summed E-state index contributed by atoms with van der Waals surface area (Å²) in [5, 5.41) is 10.3. The number of nitriles is 1. The lowest BCUT2D eigenvalue weighted by Gasteiger charge is -2.17. The van der Waals surface area contributed by atoms with Crippen LogP contribution in [0.3, 0.4) is 0 Å². The number of carbonyl (C=O) groups is 1. The number of pyridine rings is 1. The Labute approximate surface area is 196 Å². The molecule has 3 aromatic heterocycles. The number of hydrogen-bond acceptors (Lipinski definition) is 6. The van der Waals surface area contributed by atoms with E-state index in [-0.39, 0.29) is 6.42 Å². The van der Waals surface area contributed by atoms with E-state index in [4.69, 9.17) is 5.73 Å². The number of aromatic nitrogens is 4. The second-order valence-electron chi connectivity index (χ2n) is 9.28. The number of nitrogens with two attached hydrogens (primary N) is 1. The van der Waals surface area contributed by atoms with Crippen molar-refractivity contribution in [1.29, 1.82) is 5.26 Å². The van der Waals surface area contributed by atoms with Crippen LogP contribution in [-0.2, 0) is 30.1 Å². The van der Waals surface area contributed by atoms with Gasteiger partial charge >= 0.3 is 5.92 Å². The van der Waals surface area contributed by atoms with Gasteiger partial charge in [-0.15, -0.1) is 0 Å². The first kappa shape index (κ1) is 23.7. The molecule has 1 aliphatic heterocycles. The summed E-state index contributed by atoms with van der Waals surface area (Å²) < 4.78 is 30.0. The molecule has 0 bridgehead atoms. The van der Waals surface area contributed by atoms with Crippen molar-refractivity contribution in [2.24, 2.45) is 11.1 Å². The lowest BCUT2D eigenvalue weighted by atomic mass is 9.92. The molecule has 0 saturated carbocycles. The van der Waals surface area contributed by atoms with Gasteiger partial charge in [-0.25, -0.2) is 9.97 Å². The molecule has 2 N–H and O–H groups in total. The van der Waals surface area contributed by atoms with Gasteiger partial charge in [-0.1, -0.05) is 6.92 Å². The maximum Gasteiger partial charge on any atom is 0.303 e. The first-order valence-electron chi connectivity index (χ1n) is 11.2.